The van der Waals surface area contributed by atoms with Gasteiger partial charge in [0.15, 0.2) is 0 Å². The summed E-state index contributed by atoms with van der Waals surface area (Å²) in [4.78, 5) is 23.3. The average Bonchev–Trinajstić information content (AvgIpc) is 1.98. The van der Waals surface area contributed by atoms with Crippen LogP contribution in [-0.2, 0) is 9.59 Å². The number of rotatable bonds is 3. The maximum absolute atomic E-state index is 11.0. The molecule has 0 saturated heterocycles. The predicted octanol–water partition coefficient (Wildman–Crippen LogP) is -0.491. The lowest BCUT2D eigenvalue weighted by atomic mass is 10.4. The first-order valence-corrected chi connectivity index (χ1v) is 4.12. The van der Waals surface area contributed by atoms with E-state index in [4.69, 9.17) is 0 Å². The molecule has 0 aromatic rings. The van der Waals surface area contributed by atoms with Gasteiger partial charge in [-0.15, -0.1) is 0 Å². The highest BCUT2D eigenvalue weighted by Crippen LogP contribution is 1.90. The summed E-state index contributed by atoms with van der Waals surface area (Å²) >= 11 is 3.91. The fraction of sp³-hybridized carbons (Fsp3) is 0.714. The van der Waals surface area contributed by atoms with Crippen molar-refractivity contribution in [3.05, 3.63) is 0 Å². The Labute approximate surface area is 77.7 Å². The van der Waals surface area contributed by atoms with Crippen molar-refractivity contribution < 1.29 is 9.59 Å². The van der Waals surface area contributed by atoms with Gasteiger partial charge in [0.05, 0.1) is 11.8 Å². The molecule has 0 aliphatic rings. The zero-order valence-electron chi connectivity index (χ0n) is 7.50. The molecule has 0 spiro atoms. The molecule has 1 unspecified atom stereocenters. The molecule has 0 aromatic heterocycles. The number of carbonyl (C=O) groups excluding carboxylic acids is 2. The molecule has 0 saturated carbocycles. The largest absolute Gasteiger partial charge is 0.347 e. The van der Waals surface area contributed by atoms with Crippen LogP contribution in [-0.4, -0.2) is 42.6 Å². The van der Waals surface area contributed by atoms with Crippen LogP contribution in [0, 0.1) is 0 Å². The van der Waals surface area contributed by atoms with Crippen LogP contribution >= 0.6 is 12.6 Å². The monoisotopic (exact) mass is 190 g/mol. The van der Waals surface area contributed by atoms with Crippen LogP contribution in [0.2, 0.25) is 0 Å². The van der Waals surface area contributed by atoms with Crippen molar-refractivity contribution >= 4 is 24.4 Å². The Morgan fingerprint density at radius 1 is 1.50 bits per heavy atom. The normalized spacial score (nSPS) is 12.0. The smallest absolute Gasteiger partial charge is 0.241 e. The van der Waals surface area contributed by atoms with Gasteiger partial charge in [-0.1, -0.05) is 0 Å². The van der Waals surface area contributed by atoms with E-state index in [-0.39, 0.29) is 23.6 Å². The van der Waals surface area contributed by atoms with Crippen molar-refractivity contribution in [2.45, 2.75) is 12.2 Å². The molecule has 0 heterocycles. The van der Waals surface area contributed by atoms with E-state index >= 15 is 0 Å². The lowest BCUT2D eigenvalue weighted by Gasteiger charge is -2.11. The minimum atomic E-state index is -0.375. The maximum atomic E-state index is 11.0. The zero-order chi connectivity index (χ0) is 9.72. The van der Waals surface area contributed by atoms with E-state index in [1.807, 2.05) is 0 Å². The second-order valence-electron chi connectivity index (χ2n) is 2.68. The molecule has 0 aliphatic heterocycles. The molecule has 0 aromatic carbocycles. The Bertz CT molecular complexity index is 160. The molecule has 0 radical (unpaired) electrons. The Morgan fingerprint density at radius 2 is 2.00 bits per heavy atom. The summed E-state index contributed by atoms with van der Waals surface area (Å²) in [5.41, 5.74) is 0. The van der Waals surface area contributed by atoms with Gasteiger partial charge in [0, 0.05) is 14.1 Å². The average molecular weight is 190 g/mol. The highest BCUT2D eigenvalue weighted by Gasteiger charge is 2.09. The van der Waals surface area contributed by atoms with Gasteiger partial charge in [-0.3, -0.25) is 9.59 Å². The van der Waals surface area contributed by atoms with E-state index in [1.54, 1.807) is 21.0 Å². The maximum Gasteiger partial charge on any atom is 0.241 e. The van der Waals surface area contributed by atoms with Gasteiger partial charge in [-0.05, 0) is 6.92 Å². The molecule has 70 valence electrons. The predicted molar refractivity (Wildman–Crippen MR) is 50.2 cm³/mol. The van der Waals surface area contributed by atoms with E-state index in [0.717, 1.165) is 0 Å². The molecule has 2 amide bonds. The summed E-state index contributed by atoms with van der Waals surface area (Å²) in [5, 5.41) is 2.08. The number of nitrogens with zero attached hydrogens (tertiary/aromatic N) is 1. The van der Waals surface area contributed by atoms with Gasteiger partial charge in [-0.25, -0.2) is 0 Å². The van der Waals surface area contributed by atoms with Crippen LogP contribution in [0.1, 0.15) is 6.92 Å². The number of carbonyl (C=O) groups is 2. The molecule has 0 fully saturated rings. The fourth-order valence-electron chi connectivity index (χ4n) is 0.469. The molecule has 0 aliphatic carbocycles. The minimum Gasteiger partial charge on any atom is -0.347 e. The third-order valence-electron chi connectivity index (χ3n) is 1.29. The molecule has 5 heteroatoms. The van der Waals surface area contributed by atoms with Gasteiger partial charge in [0.25, 0.3) is 0 Å². The number of amides is 2. The van der Waals surface area contributed by atoms with Crippen LogP contribution in [0.15, 0.2) is 0 Å². The van der Waals surface area contributed by atoms with Gasteiger partial charge >= 0.3 is 0 Å². The second kappa shape index (κ2) is 5.03. The fourth-order valence-corrected chi connectivity index (χ4v) is 0.560. The summed E-state index contributed by atoms with van der Waals surface area (Å²) in [6.07, 6.45) is 0. The zero-order valence-corrected chi connectivity index (χ0v) is 8.39. The van der Waals surface area contributed by atoms with E-state index in [2.05, 4.69) is 17.9 Å². The lowest BCUT2D eigenvalue weighted by molar-refractivity contribution is -0.130. The van der Waals surface area contributed by atoms with E-state index in [1.165, 1.54) is 4.90 Å². The van der Waals surface area contributed by atoms with Crippen LogP contribution in [0.25, 0.3) is 0 Å². The third kappa shape index (κ3) is 4.23. The summed E-state index contributed by atoms with van der Waals surface area (Å²) in [6, 6.07) is 0. The van der Waals surface area contributed by atoms with Crippen molar-refractivity contribution in [1.82, 2.24) is 10.2 Å². The van der Waals surface area contributed by atoms with Crippen LogP contribution in [0.3, 0.4) is 0 Å². The van der Waals surface area contributed by atoms with Crippen molar-refractivity contribution in [2.75, 3.05) is 20.6 Å². The first-order chi connectivity index (χ1) is 5.45. The molecule has 4 nitrogen and oxygen atoms in total. The minimum absolute atomic E-state index is 0.0384. The van der Waals surface area contributed by atoms with Crippen molar-refractivity contribution in [1.29, 1.82) is 0 Å². The van der Waals surface area contributed by atoms with Crippen LogP contribution < -0.4 is 5.32 Å². The molecular weight excluding hydrogens is 176 g/mol. The van der Waals surface area contributed by atoms with Crippen LogP contribution in [0.4, 0.5) is 0 Å². The Balaban J connectivity index is 3.69. The second-order valence-corrected chi connectivity index (χ2v) is 3.46. The van der Waals surface area contributed by atoms with E-state index < -0.39 is 0 Å². The van der Waals surface area contributed by atoms with E-state index in [0.29, 0.717) is 0 Å². The number of likely N-dealkylation sites (N-methyl/N-ethyl adjacent to an activating group) is 1. The summed E-state index contributed by atoms with van der Waals surface area (Å²) in [7, 11) is 3.28. The Morgan fingerprint density at radius 3 is 2.33 bits per heavy atom. The number of nitrogens with one attached hydrogen (secondary N) is 1. The van der Waals surface area contributed by atoms with Crippen LogP contribution in [0.5, 0.6) is 0 Å². The molecule has 0 bridgehead atoms. The quantitative estimate of drug-likeness (QED) is 0.590. The molecule has 1 atom stereocenters. The van der Waals surface area contributed by atoms with Gasteiger partial charge < -0.3 is 10.2 Å². The molecular formula is C7H14N2O2S. The van der Waals surface area contributed by atoms with Gasteiger partial charge in [-0.2, -0.15) is 12.6 Å². The molecule has 1 N–H and O–H groups in total. The standard InChI is InChI=1S/C7H14N2O2S/c1-5(12)7(11)8-4-6(10)9(2)3/h5,12H,4H2,1-3H3,(H,8,11). The molecule has 12 heavy (non-hydrogen) atoms. The first kappa shape index (κ1) is 11.3. The highest BCUT2D eigenvalue weighted by molar-refractivity contribution is 7.81. The SMILES string of the molecule is CC(S)C(=O)NCC(=O)N(C)C. The number of thiol groups is 1. The summed E-state index contributed by atoms with van der Waals surface area (Å²) < 4.78 is 0. The van der Waals surface area contributed by atoms with Crippen molar-refractivity contribution in [3.63, 3.8) is 0 Å². The Hall–Kier alpha value is -0.710. The summed E-state index contributed by atoms with van der Waals surface area (Å²) in [6.45, 7) is 1.69. The highest BCUT2D eigenvalue weighted by atomic mass is 32.1. The van der Waals surface area contributed by atoms with E-state index in [9.17, 15) is 9.59 Å². The summed E-state index contributed by atoms with van der Waals surface area (Å²) in [5.74, 6) is -0.356. The third-order valence-corrected chi connectivity index (χ3v) is 1.53. The molecule has 0 rings (SSSR count). The topological polar surface area (TPSA) is 49.4 Å². The van der Waals surface area contributed by atoms with Gasteiger partial charge in [0.1, 0.15) is 0 Å². The lowest BCUT2D eigenvalue weighted by Crippen LogP contribution is -2.38. The number of hydrogen-bond acceptors (Lipinski definition) is 3. The Kier molecular flexibility index (Phi) is 4.73. The first-order valence-electron chi connectivity index (χ1n) is 3.61. The van der Waals surface area contributed by atoms with Gasteiger partial charge in [0.2, 0.25) is 11.8 Å². The number of hydrogen-bond donors (Lipinski definition) is 2. The van der Waals surface area contributed by atoms with Crippen molar-refractivity contribution in [3.8, 4) is 0 Å². The van der Waals surface area contributed by atoms with Crippen molar-refractivity contribution in [2.24, 2.45) is 0 Å².